The van der Waals surface area contributed by atoms with Crippen molar-refractivity contribution in [3.8, 4) is 0 Å². The van der Waals surface area contributed by atoms with Crippen LogP contribution in [0, 0.1) is 5.92 Å². The molecule has 178 valence electrons. The quantitative estimate of drug-likeness (QED) is 0.517. The highest BCUT2D eigenvalue weighted by atomic mass is 32.2. The second kappa shape index (κ2) is 12.5. The van der Waals surface area contributed by atoms with Crippen LogP contribution in [0.5, 0.6) is 0 Å². The molecular weight excluding hydrogens is 430 g/mol. The summed E-state index contributed by atoms with van der Waals surface area (Å²) >= 11 is 1.15. The minimum Gasteiger partial charge on any atom is -0.444 e. The zero-order valence-electron chi connectivity index (χ0n) is 19.9. The predicted octanol–water partition coefficient (Wildman–Crippen LogP) is 3.01. The minimum absolute atomic E-state index is 0.120. The van der Waals surface area contributed by atoms with Crippen LogP contribution >= 0.6 is 11.8 Å². The van der Waals surface area contributed by atoms with Gasteiger partial charge in [-0.25, -0.2) is 4.79 Å². The van der Waals surface area contributed by atoms with Crippen LogP contribution in [0.2, 0.25) is 0 Å². The molecule has 0 fully saturated rings. The zero-order chi connectivity index (χ0) is 24.5. The summed E-state index contributed by atoms with van der Waals surface area (Å²) in [6, 6.07) is 7.12. The number of rotatable bonds is 9. The Labute approximate surface area is 194 Å². The highest BCUT2D eigenvalue weighted by Gasteiger charge is 2.28. The molecule has 1 rings (SSSR count). The minimum atomic E-state index is -0.899. The van der Waals surface area contributed by atoms with Crippen LogP contribution in [-0.2, 0) is 24.9 Å². The maximum absolute atomic E-state index is 12.7. The number of alkyl carbamates (subject to hydrolysis) is 1. The van der Waals surface area contributed by atoms with Crippen LogP contribution in [-0.4, -0.2) is 46.7 Å². The number of ether oxygens (including phenoxy) is 1. The van der Waals surface area contributed by atoms with Crippen molar-refractivity contribution in [3.05, 3.63) is 35.9 Å². The molecule has 3 atom stereocenters. The van der Waals surface area contributed by atoms with Gasteiger partial charge in [-0.15, -0.1) is 0 Å². The summed E-state index contributed by atoms with van der Waals surface area (Å²) in [5, 5.41) is 7.57. The summed E-state index contributed by atoms with van der Waals surface area (Å²) in [6.07, 6.45) is -0.724. The van der Waals surface area contributed by atoms with Crippen molar-refractivity contribution < 1.29 is 23.9 Å². The van der Waals surface area contributed by atoms with E-state index in [2.05, 4.69) is 16.0 Å². The fraction of sp³-hybridized carbons (Fsp3) is 0.565. The first-order valence-corrected chi connectivity index (χ1v) is 11.6. The number of amides is 3. The van der Waals surface area contributed by atoms with Gasteiger partial charge in [0.15, 0.2) is 0 Å². The number of carbonyl (C=O) groups is 4. The monoisotopic (exact) mass is 465 g/mol. The van der Waals surface area contributed by atoms with Gasteiger partial charge in [0.25, 0.3) is 0 Å². The summed E-state index contributed by atoms with van der Waals surface area (Å²) in [5.41, 5.74) is 0.330. The van der Waals surface area contributed by atoms with Crippen molar-refractivity contribution in [1.82, 2.24) is 16.0 Å². The molecule has 0 aliphatic carbocycles. The van der Waals surface area contributed by atoms with Crippen LogP contribution in [0.25, 0.3) is 0 Å². The predicted molar refractivity (Wildman–Crippen MR) is 126 cm³/mol. The fourth-order valence-corrected chi connectivity index (χ4v) is 3.56. The van der Waals surface area contributed by atoms with Crippen molar-refractivity contribution in [1.29, 1.82) is 0 Å². The summed E-state index contributed by atoms with van der Waals surface area (Å²) in [7, 11) is 0. The van der Waals surface area contributed by atoms with Crippen molar-refractivity contribution in [2.24, 2.45) is 5.92 Å². The standard InChI is InChI=1S/C23H35N3O5S/c1-14(2)18(21(29)32-13-17-11-9-8-10-12-17)26-20(28)15(3)24-19(27)16(4)25-22(30)31-23(5,6)7/h8-12,14-16,18H,13H2,1-7H3,(H,24,27)(H,25,30)(H,26,28)/t15-,16-,18-/m0/s1. The Hall–Kier alpha value is -2.55. The Morgan fingerprint density at radius 1 is 0.875 bits per heavy atom. The van der Waals surface area contributed by atoms with E-state index in [0.29, 0.717) is 5.75 Å². The molecule has 0 aliphatic heterocycles. The molecule has 0 aliphatic rings. The Kier molecular flexibility index (Phi) is 10.7. The van der Waals surface area contributed by atoms with E-state index < -0.39 is 41.6 Å². The average molecular weight is 466 g/mol. The summed E-state index contributed by atoms with van der Waals surface area (Å²) < 4.78 is 5.12. The van der Waals surface area contributed by atoms with Crippen LogP contribution in [0.1, 0.15) is 54.0 Å². The molecule has 0 aromatic heterocycles. The molecule has 0 heterocycles. The van der Waals surface area contributed by atoms with Gasteiger partial charge in [-0.2, -0.15) is 0 Å². The lowest BCUT2D eigenvalue weighted by Crippen LogP contribution is -2.54. The normalized spacial score (nSPS) is 14.1. The van der Waals surface area contributed by atoms with Gasteiger partial charge >= 0.3 is 6.09 Å². The van der Waals surface area contributed by atoms with E-state index in [-0.39, 0.29) is 11.0 Å². The molecule has 0 saturated carbocycles. The second-order valence-electron chi connectivity index (χ2n) is 8.92. The molecule has 3 amide bonds. The van der Waals surface area contributed by atoms with Gasteiger partial charge in [-0.3, -0.25) is 14.4 Å². The van der Waals surface area contributed by atoms with Crippen molar-refractivity contribution in [2.45, 2.75) is 77.9 Å². The lowest BCUT2D eigenvalue weighted by atomic mass is 10.1. The van der Waals surface area contributed by atoms with Gasteiger partial charge in [0.1, 0.15) is 23.7 Å². The van der Waals surface area contributed by atoms with Gasteiger partial charge in [-0.1, -0.05) is 55.9 Å². The molecule has 8 nitrogen and oxygen atoms in total. The van der Waals surface area contributed by atoms with Crippen LogP contribution in [0.3, 0.4) is 0 Å². The Morgan fingerprint density at radius 3 is 1.94 bits per heavy atom. The van der Waals surface area contributed by atoms with Crippen LogP contribution < -0.4 is 16.0 Å². The molecule has 0 radical (unpaired) electrons. The number of hydrogen-bond acceptors (Lipinski definition) is 6. The molecule has 0 spiro atoms. The van der Waals surface area contributed by atoms with E-state index in [1.165, 1.54) is 13.8 Å². The van der Waals surface area contributed by atoms with Crippen molar-refractivity contribution in [3.63, 3.8) is 0 Å². The number of thioether (sulfide) groups is 1. The molecule has 0 unspecified atom stereocenters. The third-order valence-electron chi connectivity index (χ3n) is 4.32. The van der Waals surface area contributed by atoms with E-state index in [0.717, 1.165) is 17.3 Å². The highest BCUT2D eigenvalue weighted by Crippen LogP contribution is 2.18. The maximum Gasteiger partial charge on any atom is 0.408 e. The molecule has 3 N–H and O–H groups in total. The third-order valence-corrected chi connectivity index (χ3v) is 5.34. The van der Waals surface area contributed by atoms with Crippen molar-refractivity contribution >= 4 is 34.8 Å². The largest absolute Gasteiger partial charge is 0.444 e. The molecule has 9 heteroatoms. The van der Waals surface area contributed by atoms with E-state index in [1.807, 2.05) is 44.2 Å². The molecule has 32 heavy (non-hydrogen) atoms. The maximum atomic E-state index is 12.7. The first-order chi connectivity index (χ1) is 14.8. The van der Waals surface area contributed by atoms with E-state index in [4.69, 9.17) is 4.74 Å². The second-order valence-corrected chi connectivity index (χ2v) is 9.90. The summed E-state index contributed by atoms with van der Waals surface area (Å²) in [4.78, 5) is 49.4. The Balaban J connectivity index is 2.59. The van der Waals surface area contributed by atoms with E-state index >= 15 is 0 Å². The van der Waals surface area contributed by atoms with Gasteiger partial charge in [0, 0.05) is 5.75 Å². The Bertz CT molecular complexity index is 793. The number of benzene rings is 1. The lowest BCUT2D eigenvalue weighted by Gasteiger charge is -2.24. The third kappa shape index (κ3) is 10.2. The van der Waals surface area contributed by atoms with Crippen molar-refractivity contribution in [2.75, 3.05) is 0 Å². The molecule has 1 aromatic rings. The average Bonchev–Trinajstić information content (AvgIpc) is 2.68. The number of carbonyl (C=O) groups excluding carboxylic acids is 4. The van der Waals surface area contributed by atoms with Gasteiger partial charge in [0.2, 0.25) is 16.9 Å². The van der Waals surface area contributed by atoms with Crippen LogP contribution in [0.15, 0.2) is 30.3 Å². The SMILES string of the molecule is CC(C)[C@H](NC(=O)[C@H](C)NC(=O)[C@H](C)NC(=O)OC(C)(C)C)C(=O)SCc1ccccc1. The molecule has 1 aromatic carbocycles. The lowest BCUT2D eigenvalue weighted by molar-refractivity contribution is -0.130. The van der Waals surface area contributed by atoms with Gasteiger partial charge in [-0.05, 0) is 46.1 Å². The molecule has 0 bridgehead atoms. The number of nitrogens with one attached hydrogen (secondary N) is 3. The van der Waals surface area contributed by atoms with E-state index in [1.54, 1.807) is 20.8 Å². The van der Waals surface area contributed by atoms with Gasteiger partial charge < -0.3 is 20.7 Å². The Morgan fingerprint density at radius 2 is 1.41 bits per heavy atom. The smallest absolute Gasteiger partial charge is 0.408 e. The zero-order valence-corrected chi connectivity index (χ0v) is 20.7. The first-order valence-electron chi connectivity index (χ1n) is 10.6. The molecule has 0 saturated heterocycles. The van der Waals surface area contributed by atoms with E-state index in [9.17, 15) is 19.2 Å². The first kappa shape index (κ1) is 27.5. The topological polar surface area (TPSA) is 114 Å². The molecular formula is C23H35N3O5S. The summed E-state index contributed by atoms with van der Waals surface area (Å²) in [6.45, 7) is 11.9. The highest BCUT2D eigenvalue weighted by molar-refractivity contribution is 8.13. The number of hydrogen-bond donors (Lipinski definition) is 3. The summed E-state index contributed by atoms with van der Waals surface area (Å²) in [5.74, 6) is -0.622. The van der Waals surface area contributed by atoms with Gasteiger partial charge in [0.05, 0.1) is 0 Å². The van der Waals surface area contributed by atoms with Crippen LogP contribution in [0.4, 0.5) is 4.79 Å². The fourth-order valence-electron chi connectivity index (χ4n) is 2.55.